The molecule has 0 bridgehead atoms. The summed E-state index contributed by atoms with van der Waals surface area (Å²) in [7, 11) is 3.53. The van der Waals surface area contributed by atoms with Gasteiger partial charge < -0.3 is 15.5 Å². The zero-order valence-electron chi connectivity index (χ0n) is 17.6. The van der Waals surface area contributed by atoms with Crippen LogP contribution < -0.4 is 15.5 Å². The van der Waals surface area contributed by atoms with E-state index in [0.29, 0.717) is 6.54 Å². The molecular weight excluding hydrogens is 409 g/mol. The maximum Gasteiger partial charge on any atom is 0.418 e. The Morgan fingerprint density at radius 3 is 2.19 bits per heavy atom. The van der Waals surface area contributed by atoms with Gasteiger partial charge in [0.2, 0.25) is 11.8 Å². The van der Waals surface area contributed by atoms with Crippen molar-refractivity contribution in [2.24, 2.45) is 0 Å². The van der Waals surface area contributed by atoms with Crippen molar-refractivity contribution >= 4 is 23.2 Å². The molecule has 168 valence electrons. The fraction of sp³-hybridized carbons (Fsp3) is 0.364. The van der Waals surface area contributed by atoms with Crippen molar-refractivity contribution in [3.63, 3.8) is 0 Å². The number of benzene rings is 2. The van der Waals surface area contributed by atoms with Crippen LogP contribution in [0.15, 0.2) is 54.6 Å². The van der Waals surface area contributed by atoms with Gasteiger partial charge in [-0.05, 0) is 37.7 Å². The summed E-state index contributed by atoms with van der Waals surface area (Å²) in [5.41, 5.74) is -0.128. The van der Waals surface area contributed by atoms with Gasteiger partial charge in [-0.1, -0.05) is 30.3 Å². The summed E-state index contributed by atoms with van der Waals surface area (Å²) in [4.78, 5) is 27.7. The van der Waals surface area contributed by atoms with Gasteiger partial charge in [0, 0.05) is 25.8 Å². The van der Waals surface area contributed by atoms with Gasteiger partial charge in [-0.25, -0.2) is 0 Å². The van der Waals surface area contributed by atoms with Crippen LogP contribution in [0.3, 0.4) is 0 Å². The smallest absolute Gasteiger partial charge is 0.375 e. The monoisotopic (exact) mass is 436 g/mol. The maximum atomic E-state index is 13.0. The Morgan fingerprint density at radius 1 is 0.903 bits per heavy atom. The second-order valence-electron chi connectivity index (χ2n) is 7.22. The fourth-order valence-corrected chi connectivity index (χ4v) is 2.99. The lowest BCUT2D eigenvalue weighted by Gasteiger charge is -2.20. The van der Waals surface area contributed by atoms with Crippen molar-refractivity contribution < 1.29 is 22.8 Å². The van der Waals surface area contributed by atoms with Crippen molar-refractivity contribution in [3.05, 3.63) is 60.2 Å². The molecule has 9 heteroatoms. The predicted molar refractivity (Wildman–Crippen MR) is 115 cm³/mol. The highest BCUT2D eigenvalue weighted by atomic mass is 19.4. The number of carbonyl (C=O) groups is 2. The van der Waals surface area contributed by atoms with Gasteiger partial charge >= 0.3 is 6.18 Å². The molecule has 2 aromatic carbocycles. The third-order valence-electron chi connectivity index (χ3n) is 4.52. The molecule has 0 heterocycles. The topological polar surface area (TPSA) is 64.7 Å². The van der Waals surface area contributed by atoms with Crippen molar-refractivity contribution in [1.29, 1.82) is 0 Å². The Balaban J connectivity index is 1.70. The minimum absolute atomic E-state index is 0.0388. The summed E-state index contributed by atoms with van der Waals surface area (Å²) in [6, 6.07) is 14.6. The van der Waals surface area contributed by atoms with E-state index in [2.05, 4.69) is 15.5 Å². The molecule has 0 aliphatic rings. The molecule has 0 aliphatic carbocycles. The first-order chi connectivity index (χ1) is 14.7. The lowest BCUT2D eigenvalue weighted by molar-refractivity contribution is -0.137. The lowest BCUT2D eigenvalue weighted by atomic mass is 10.1. The molecule has 0 aliphatic heterocycles. The summed E-state index contributed by atoms with van der Waals surface area (Å²) in [5, 5.41) is 5.05. The Morgan fingerprint density at radius 2 is 1.52 bits per heavy atom. The molecule has 0 radical (unpaired) electrons. The second kappa shape index (κ2) is 11.4. The van der Waals surface area contributed by atoms with Crippen LogP contribution >= 0.6 is 0 Å². The van der Waals surface area contributed by atoms with Crippen molar-refractivity contribution in [2.75, 3.05) is 50.5 Å². The SMILES string of the molecule is CN(CC(=O)NCCCN(C)c1ccccc1)CC(=O)Nc1ccccc1C(F)(F)F. The van der Waals surface area contributed by atoms with Gasteiger partial charge in [-0.2, -0.15) is 13.2 Å². The molecule has 0 aromatic heterocycles. The summed E-state index contributed by atoms with van der Waals surface area (Å²) >= 11 is 0. The van der Waals surface area contributed by atoms with E-state index in [9.17, 15) is 22.8 Å². The predicted octanol–water partition coefficient (Wildman–Crippen LogP) is 3.22. The standard InChI is InChI=1S/C22H27F3N4O2/c1-28(16-21(31)27-19-12-7-6-11-18(19)22(23,24)25)15-20(30)26-13-8-14-29(2)17-9-4-3-5-10-17/h3-7,9-12H,8,13-16H2,1-2H3,(H,26,30)(H,27,31). The third kappa shape index (κ3) is 8.29. The van der Waals surface area contributed by atoms with Crippen LogP contribution in [0.4, 0.5) is 24.5 Å². The number of para-hydroxylation sites is 2. The van der Waals surface area contributed by atoms with Gasteiger partial charge in [-0.3, -0.25) is 14.5 Å². The number of rotatable bonds is 10. The molecule has 31 heavy (non-hydrogen) atoms. The Bertz CT molecular complexity index is 859. The largest absolute Gasteiger partial charge is 0.418 e. The number of hydrogen-bond acceptors (Lipinski definition) is 4. The fourth-order valence-electron chi connectivity index (χ4n) is 2.99. The van der Waals surface area contributed by atoms with Crippen LogP contribution in [-0.2, 0) is 15.8 Å². The molecule has 0 spiro atoms. The molecule has 0 unspecified atom stereocenters. The molecule has 0 atom stereocenters. The Kier molecular flexibility index (Phi) is 8.87. The molecule has 2 amide bonds. The van der Waals surface area contributed by atoms with Crippen LogP contribution in [0.1, 0.15) is 12.0 Å². The average Bonchev–Trinajstić information content (AvgIpc) is 2.71. The molecule has 2 N–H and O–H groups in total. The molecule has 6 nitrogen and oxygen atoms in total. The quantitative estimate of drug-likeness (QED) is 0.562. The number of likely N-dealkylation sites (N-methyl/N-ethyl adjacent to an activating group) is 1. The van der Waals surface area contributed by atoms with Crippen molar-refractivity contribution in [1.82, 2.24) is 10.2 Å². The number of halogens is 3. The van der Waals surface area contributed by atoms with E-state index in [1.165, 1.54) is 23.1 Å². The van der Waals surface area contributed by atoms with E-state index in [1.807, 2.05) is 37.4 Å². The number of carbonyl (C=O) groups excluding carboxylic acids is 2. The minimum atomic E-state index is -4.57. The first kappa shape index (κ1) is 24.2. The number of alkyl halides is 3. The first-order valence-corrected chi connectivity index (χ1v) is 9.84. The highest BCUT2D eigenvalue weighted by Gasteiger charge is 2.33. The highest BCUT2D eigenvalue weighted by Crippen LogP contribution is 2.34. The van der Waals surface area contributed by atoms with E-state index in [1.54, 1.807) is 7.05 Å². The molecule has 0 fully saturated rings. The van der Waals surface area contributed by atoms with E-state index in [0.717, 1.165) is 24.7 Å². The van der Waals surface area contributed by atoms with Crippen LogP contribution in [0.25, 0.3) is 0 Å². The molecule has 0 saturated heterocycles. The number of nitrogens with zero attached hydrogens (tertiary/aromatic N) is 2. The van der Waals surface area contributed by atoms with Gasteiger partial charge in [0.05, 0.1) is 24.3 Å². The zero-order chi connectivity index (χ0) is 22.9. The normalized spacial score (nSPS) is 11.3. The lowest BCUT2D eigenvalue weighted by Crippen LogP contribution is -2.39. The van der Waals surface area contributed by atoms with E-state index < -0.39 is 17.6 Å². The van der Waals surface area contributed by atoms with Gasteiger partial charge in [0.1, 0.15) is 0 Å². The average molecular weight is 436 g/mol. The van der Waals surface area contributed by atoms with Crippen molar-refractivity contribution in [3.8, 4) is 0 Å². The van der Waals surface area contributed by atoms with Crippen LogP contribution in [0.5, 0.6) is 0 Å². The molecule has 2 rings (SSSR count). The number of nitrogens with one attached hydrogen (secondary N) is 2. The molecular formula is C22H27F3N4O2. The summed E-state index contributed by atoms with van der Waals surface area (Å²) in [5.74, 6) is -0.884. The van der Waals surface area contributed by atoms with Crippen molar-refractivity contribution in [2.45, 2.75) is 12.6 Å². The minimum Gasteiger partial charge on any atom is -0.375 e. The van der Waals surface area contributed by atoms with Gasteiger partial charge in [-0.15, -0.1) is 0 Å². The van der Waals surface area contributed by atoms with Crippen LogP contribution in [0, 0.1) is 0 Å². The van der Waals surface area contributed by atoms with Gasteiger partial charge in [0.15, 0.2) is 0 Å². The summed E-state index contributed by atoms with van der Waals surface area (Å²) in [6.07, 6.45) is -3.82. The Labute approximate surface area is 180 Å². The van der Waals surface area contributed by atoms with E-state index >= 15 is 0 Å². The Hall–Kier alpha value is -3.07. The first-order valence-electron chi connectivity index (χ1n) is 9.84. The molecule has 0 saturated carbocycles. The maximum absolute atomic E-state index is 13.0. The van der Waals surface area contributed by atoms with E-state index in [4.69, 9.17) is 0 Å². The molecule has 2 aromatic rings. The zero-order valence-corrected chi connectivity index (χ0v) is 17.6. The van der Waals surface area contributed by atoms with Crippen LogP contribution in [-0.4, -0.2) is 57.0 Å². The highest BCUT2D eigenvalue weighted by molar-refractivity contribution is 5.93. The number of anilines is 2. The van der Waals surface area contributed by atoms with Crippen LogP contribution in [0.2, 0.25) is 0 Å². The third-order valence-corrected chi connectivity index (χ3v) is 4.52. The summed E-state index contributed by atoms with van der Waals surface area (Å²) in [6.45, 7) is 0.995. The van der Waals surface area contributed by atoms with E-state index in [-0.39, 0.29) is 24.7 Å². The summed E-state index contributed by atoms with van der Waals surface area (Å²) < 4.78 is 39.0. The number of amides is 2. The number of hydrogen-bond donors (Lipinski definition) is 2. The second-order valence-corrected chi connectivity index (χ2v) is 7.22. The van der Waals surface area contributed by atoms with Gasteiger partial charge in [0.25, 0.3) is 0 Å².